The highest BCUT2D eigenvalue weighted by Crippen LogP contribution is 2.27. The maximum atomic E-state index is 13.3. The van der Waals surface area contributed by atoms with Gasteiger partial charge in [-0.15, -0.1) is 11.3 Å². The molecule has 1 aromatic carbocycles. The number of fused-ring (bicyclic) bond motifs is 1. The van der Waals surface area contributed by atoms with Gasteiger partial charge in [0.15, 0.2) is 0 Å². The molecule has 3 aromatic rings. The third-order valence-corrected chi connectivity index (χ3v) is 6.80. The first-order valence-electron chi connectivity index (χ1n) is 9.71. The molecule has 0 saturated heterocycles. The first-order valence-corrected chi connectivity index (χ1v) is 11.3. The number of nitrogens with one attached hydrogen (secondary N) is 1. The molecule has 0 radical (unpaired) electrons. The van der Waals surface area contributed by atoms with Gasteiger partial charge in [0.1, 0.15) is 17.2 Å². The van der Waals surface area contributed by atoms with E-state index in [2.05, 4.69) is 24.1 Å². The fraction of sp³-hybridized carbons (Fsp3) is 0.381. The SMILES string of the molecule is CCN(CC)Cc1nc2sc(C)c(C)c2c(=O)n1CC(=O)Nc1cc(Cl)ccc1Cl. The van der Waals surface area contributed by atoms with Crippen molar-refractivity contribution in [1.82, 2.24) is 14.5 Å². The second kappa shape index (κ2) is 9.47. The molecule has 0 fully saturated rings. The zero-order valence-corrected chi connectivity index (χ0v) is 19.7. The molecule has 0 bridgehead atoms. The number of benzene rings is 1. The van der Waals surface area contributed by atoms with Crippen molar-refractivity contribution in [2.24, 2.45) is 0 Å². The number of hydrogen-bond acceptors (Lipinski definition) is 5. The highest BCUT2D eigenvalue weighted by Gasteiger charge is 2.19. The van der Waals surface area contributed by atoms with Crippen molar-refractivity contribution in [3.63, 3.8) is 0 Å². The van der Waals surface area contributed by atoms with E-state index in [0.717, 1.165) is 23.5 Å². The molecule has 0 unspecified atom stereocenters. The second-order valence-corrected chi connectivity index (χ2v) is 9.06. The van der Waals surface area contributed by atoms with E-state index in [9.17, 15) is 9.59 Å². The summed E-state index contributed by atoms with van der Waals surface area (Å²) < 4.78 is 1.47. The van der Waals surface area contributed by atoms with Crippen LogP contribution in [0.3, 0.4) is 0 Å². The minimum atomic E-state index is -0.368. The van der Waals surface area contributed by atoms with Crippen LogP contribution in [0.1, 0.15) is 30.1 Å². The normalized spacial score (nSPS) is 11.4. The van der Waals surface area contributed by atoms with Crippen molar-refractivity contribution in [2.45, 2.75) is 40.8 Å². The van der Waals surface area contributed by atoms with Crippen LogP contribution in [0.4, 0.5) is 5.69 Å². The Morgan fingerprint density at radius 1 is 1.23 bits per heavy atom. The van der Waals surface area contributed by atoms with E-state index in [1.165, 1.54) is 15.9 Å². The van der Waals surface area contributed by atoms with Gasteiger partial charge in [0.25, 0.3) is 5.56 Å². The number of anilines is 1. The van der Waals surface area contributed by atoms with Gasteiger partial charge in [0, 0.05) is 9.90 Å². The Labute approximate surface area is 189 Å². The summed E-state index contributed by atoms with van der Waals surface area (Å²) in [4.78, 5) is 34.8. The Hall–Kier alpha value is -1.93. The number of amides is 1. The van der Waals surface area contributed by atoms with Crippen molar-refractivity contribution in [1.29, 1.82) is 0 Å². The fourth-order valence-electron chi connectivity index (χ4n) is 3.23. The van der Waals surface area contributed by atoms with Crippen molar-refractivity contribution in [3.05, 3.63) is 54.9 Å². The molecule has 30 heavy (non-hydrogen) atoms. The topological polar surface area (TPSA) is 67.2 Å². The van der Waals surface area contributed by atoms with Crippen LogP contribution in [0.5, 0.6) is 0 Å². The smallest absolute Gasteiger partial charge is 0.263 e. The molecule has 0 spiro atoms. The van der Waals surface area contributed by atoms with Gasteiger partial charge in [-0.2, -0.15) is 0 Å². The second-order valence-electron chi connectivity index (χ2n) is 7.02. The summed E-state index contributed by atoms with van der Waals surface area (Å²) >= 11 is 13.7. The summed E-state index contributed by atoms with van der Waals surface area (Å²) in [5, 5.41) is 4.16. The van der Waals surface area contributed by atoms with Gasteiger partial charge >= 0.3 is 0 Å². The van der Waals surface area contributed by atoms with Crippen LogP contribution in [0.25, 0.3) is 10.2 Å². The first kappa shape index (κ1) is 22.7. The number of thiophene rings is 1. The summed E-state index contributed by atoms with van der Waals surface area (Å²) in [6, 6.07) is 4.84. The molecule has 6 nitrogen and oxygen atoms in total. The predicted octanol–water partition coefficient (Wildman–Crippen LogP) is 4.86. The number of carbonyl (C=O) groups excluding carboxylic acids is 1. The van der Waals surface area contributed by atoms with Gasteiger partial charge in [0.05, 0.1) is 22.6 Å². The van der Waals surface area contributed by atoms with E-state index in [4.69, 9.17) is 28.2 Å². The van der Waals surface area contributed by atoms with E-state index in [-0.39, 0.29) is 18.0 Å². The molecule has 1 amide bonds. The zero-order chi connectivity index (χ0) is 22.0. The lowest BCUT2D eigenvalue weighted by Gasteiger charge is -2.20. The lowest BCUT2D eigenvalue weighted by molar-refractivity contribution is -0.116. The number of halogens is 2. The summed E-state index contributed by atoms with van der Waals surface area (Å²) in [6.07, 6.45) is 0. The monoisotopic (exact) mass is 466 g/mol. The minimum absolute atomic E-state index is 0.157. The molecule has 160 valence electrons. The van der Waals surface area contributed by atoms with Crippen molar-refractivity contribution in [3.8, 4) is 0 Å². The number of rotatable bonds is 7. The van der Waals surface area contributed by atoms with Crippen molar-refractivity contribution in [2.75, 3.05) is 18.4 Å². The van der Waals surface area contributed by atoms with E-state index < -0.39 is 0 Å². The molecule has 1 N–H and O–H groups in total. The molecule has 0 aliphatic rings. The Kier molecular flexibility index (Phi) is 7.18. The Morgan fingerprint density at radius 2 is 1.93 bits per heavy atom. The van der Waals surface area contributed by atoms with Crippen LogP contribution < -0.4 is 10.9 Å². The summed E-state index contributed by atoms with van der Waals surface area (Å²) in [5.41, 5.74) is 1.12. The standard InChI is InChI=1S/C21H24Cl2N4O2S/c1-5-26(6-2)10-17-25-20-19(12(3)13(4)30-20)21(29)27(17)11-18(28)24-16-9-14(22)7-8-15(16)23/h7-9H,5-6,10-11H2,1-4H3,(H,24,28). The number of hydrogen-bond donors (Lipinski definition) is 1. The molecule has 3 rings (SSSR count). The fourth-order valence-corrected chi connectivity index (χ4v) is 4.60. The molecule has 9 heteroatoms. The van der Waals surface area contributed by atoms with Crippen LogP contribution in [0.2, 0.25) is 10.0 Å². The van der Waals surface area contributed by atoms with Gasteiger partial charge in [0.2, 0.25) is 5.91 Å². The molecular weight excluding hydrogens is 443 g/mol. The van der Waals surface area contributed by atoms with Crippen LogP contribution in [0.15, 0.2) is 23.0 Å². The van der Waals surface area contributed by atoms with Crippen molar-refractivity contribution >= 4 is 56.3 Å². The molecule has 0 atom stereocenters. The summed E-state index contributed by atoms with van der Waals surface area (Å²) in [6.45, 7) is 9.96. The number of nitrogens with zero attached hydrogens (tertiary/aromatic N) is 3. The zero-order valence-electron chi connectivity index (χ0n) is 17.4. The molecule has 0 aliphatic heterocycles. The molecule has 0 aliphatic carbocycles. The third kappa shape index (κ3) is 4.70. The first-order chi connectivity index (χ1) is 14.2. The van der Waals surface area contributed by atoms with Gasteiger partial charge in [-0.25, -0.2) is 4.98 Å². The third-order valence-electron chi connectivity index (χ3n) is 5.13. The summed E-state index contributed by atoms with van der Waals surface area (Å²) in [5.74, 6) is 0.206. The summed E-state index contributed by atoms with van der Waals surface area (Å²) in [7, 11) is 0. The van der Waals surface area contributed by atoms with Gasteiger partial charge in [-0.05, 0) is 50.7 Å². The Balaban J connectivity index is 2.02. The molecule has 2 aromatic heterocycles. The predicted molar refractivity (Wildman–Crippen MR) is 125 cm³/mol. The Bertz CT molecular complexity index is 1150. The number of aryl methyl sites for hydroxylation is 2. The van der Waals surface area contributed by atoms with Gasteiger partial charge in [-0.1, -0.05) is 37.0 Å². The van der Waals surface area contributed by atoms with E-state index >= 15 is 0 Å². The van der Waals surface area contributed by atoms with Crippen LogP contribution in [-0.2, 0) is 17.9 Å². The van der Waals surface area contributed by atoms with Crippen molar-refractivity contribution < 1.29 is 4.79 Å². The maximum absolute atomic E-state index is 13.3. The molecule has 2 heterocycles. The highest BCUT2D eigenvalue weighted by molar-refractivity contribution is 7.18. The van der Waals surface area contributed by atoms with E-state index in [1.54, 1.807) is 18.2 Å². The van der Waals surface area contributed by atoms with Crippen LogP contribution in [-0.4, -0.2) is 33.4 Å². The van der Waals surface area contributed by atoms with E-state index in [0.29, 0.717) is 38.3 Å². The quantitative estimate of drug-likeness (QED) is 0.539. The van der Waals surface area contributed by atoms with Gasteiger partial charge in [-0.3, -0.25) is 19.1 Å². The van der Waals surface area contributed by atoms with E-state index in [1.807, 2.05) is 13.8 Å². The number of aromatic nitrogens is 2. The molecule has 0 saturated carbocycles. The maximum Gasteiger partial charge on any atom is 0.263 e. The minimum Gasteiger partial charge on any atom is -0.323 e. The number of carbonyl (C=O) groups is 1. The lowest BCUT2D eigenvalue weighted by atomic mass is 10.2. The van der Waals surface area contributed by atoms with Gasteiger partial charge < -0.3 is 5.32 Å². The largest absolute Gasteiger partial charge is 0.323 e. The molecular formula is C21H24Cl2N4O2S. The highest BCUT2D eigenvalue weighted by atomic mass is 35.5. The average Bonchev–Trinajstić information content (AvgIpc) is 2.99. The lowest BCUT2D eigenvalue weighted by Crippen LogP contribution is -2.34. The average molecular weight is 467 g/mol. The van der Waals surface area contributed by atoms with Crippen LogP contribution >= 0.6 is 34.5 Å². The Morgan fingerprint density at radius 3 is 2.60 bits per heavy atom. The van der Waals surface area contributed by atoms with Crippen LogP contribution in [0, 0.1) is 13.8 Å².